The van der Waals surface area contributed by atoms with Crippen molar-refractivity contribution in [2.75, 3.05) is 6.54 Å². The van der Waals surface area contributed by atoms with Gasteiger partial charge in [-0.25, -0.2) is 0 Å². The molecule has 0 saturated carbocycles. The summed E-state index contributed by atoms with van der Waals surface area (Å²) in [6.45, 7) is 1.24. The van der Waals surface area contributed by atoms with Gasteiger partial charge >= 0.3 is 0 Å². The number of ether oxygens (including phenoxy) is 1. The van der Waals surface area contributed by atoms with Crippen molar-refractivity contribution in [1.82, 2.24) is 5.32 Å². The van der Waals surface area contributed by atoms with Gasteiger partial charge in [-0.05, 0) is 51.0 Å². The van der Waals surface area contributed by atoms with Crippen LogP contribution in [0.1, 0.15) is 38.5 Å². The zero-order chi connectivity index (χ0) is 8.67. The Kier molecular flexibility index (Phi) is 2.06. The first kappa shape index (κ1) is 8.25. The number of rotatable bonds is 2. The molecule has 0 aromatic heterocycles. The molecule has 13 heavy (non-hydrogen) atoms. The second kappa shape index (κ2) is 3.25. The Labute approximate surface area is 80.0 Å². The van der Waals surface area contributed by atoms with Gasteiger partial charge in [0.15, 0.2) is 0 Å². The van der Waals surface area contributed by atoms with Crippen molar-refractivity contribution < 1.29 is 4.74 Å². The quantitative estimate of drug-likeness (QED) is 0.700. The SMILES string of the molecule is C1CNC(CC2CC3CCC2O3)C1. The zero-order valence-electron chi connectivity index (χ0n) is 8.17. The van der Waals surface area contributed by atoms with Crippen molar-refractivity contribution in [3.8, 4) is 0 Å². The summed E-state index contributed by atoms with van der Waals surface area (Å²) < 4.78 is 5.87. The van der Waals surface area contributed by atoms with Gasteiger partial charge in [-0.2, -0.15) is 0 Å². The summed E-state index contributed by atoms with van der Waals surface area (Å²) in [5, 5.41) is 3.59. The van der Waals surface area contributed by atoms with E-state index in [4.69, 9.17) is 4.74 Å². The molecule has 2 bridgehead atoms. The van der Waals surface area contributed by atoms with Crippen LogP contribution < -0.4 is 5.32 Å². The van der Waals surface area contributed by atoms with Gasteiger partial charge in [-0.15, -0.1) is 0 Å². The van der Waals surface area contributed by atoms with Gasteiger partial charge < -0.3 is 10.1 Å². The van der Waals surface area contributed by atoms with E-state index in [0.717, 1.165) is 12.0 Å². The predicted molar refractivity (Wildman–Crippen MR) is 51.6 cm³/mol. The molecule has 0 aromatic rings. The van der Waals surface area contributed by atoms with E-state index in [-0.39, 0.29) is 0 Å². The predicted octanol–water partition coefficient (Wildman–Crippen LogP) is 1.70. The average Bonchev–Trinajstić information content (AvgIpc) is 2.77. The summed E-state index contributed by atoms with van der Waals surface area (Å²) in [5.41, 5.74) is 0. The summed E-state index contributed by atoms with van der Waals surface area (Å²) in [4.78, 5) is 0. The second-order valence-electron chi connectivity index (χ2n) is 4.90. The summed E-state index contributed by atoms with van der Waals surface area (Å²) >= 11 is 0. The Hall–Kier alpha value is -0.0800. The number of hydrogen-bond acceptors (Lipinski definition) is 2. The van der Waals surface area contributed by atoms with Crippen LogP contribution in [-0.2, 0) is 4.74 Å². The van der Waals surface area contributed by atoms with Crippen LogP contribution in [-0.4, -0.2) is 24.8 Å². The minimum Gasteiger partial charge on any atom is -0.375 e. The molecule has 3 aliphatic rings. The summed E-state index contributed by atoms with van der Waals surface area (Å²) in [6, 6.07) is 0.813. The lowest BCUT2D eigenvalue weighted by molar-refractivity contribution is 0.0898. The average molecular weight is 181 g/mol. The first-order chi connectivity index (χ1) is 6.42. The second-order valence-corrected chi connectivity index (χ2v) is 4.90. The molecular weight excluding hydrogens is 162 g/mol. The molecule has 1 N–H and O–H groups in total. The van der Waals surface area contributed by atoms with E-state index in [1.54, 1.807) is 0 Å². The molecule has 3 rings (SSSR count). The minimum atomic E-state index is 0.632. The van der Waals surface area contributed by atoms with Gasteiger partial charge in [0.2, 0.25) is 0 Å². The maximum Gasteiger partial charge on any atom is 0.0609 e. The Morgan fingerprint density at radius 1 is 1.23 bits per heavy atom. The first-order valence-electron chi connectivity index (χ1n) is 5.80. The molecule has 4 unspecified atom stereocenters. The lowest BCUT2D eigenvalue weighted by Gasteiger charge is -2.21. The molecule has 4 atom stereocenters. The standard InChI is InChI=1S/C11H19NO/c1-2-9(12-5-1)6-8-7-10-3-4-11(8)13-10/h8-12H,1-7H2. The summed E-state index contributed by atoms with van der Waals surface area (Å²) in [7, 11) is 0. The molecule has 3 heterocycles. The third kappa shape index (κ3) is 1.50. The minimum absolute atomic E-state index is 0.632. The molecule has 3 aliphatic heterocycles. The van der Waals surface area contributed by atoms with Gasteiger partial charge in [0.1, 0.15) is 0 Å². The van der Waals surface area contributed by atoms with Gasteiger partial charge in [-0.3, -0.25) is 0 Å². The van der Waals surface area contributed by atoms with E-state index in [9.17, 15) is 0 Å². The van der Waals surface area contributed by atoms with Gasteiger partial charge in [-0.1, -0.05) is 0 Å². The highest BCUT2D eigenvalue weighted by Gasteiger charge is 2.41. The summed E-state index contributed by atoms with van der Waals surface area (Å²) in [5.74, 6) is 0.884. The van der Waals surface area contributed by atoms with E-state index < -0.39 is 0 Å². The molecule has 0 radical (unpaired) electrons. The normalized spacial score (nSPS) is 48.9. The maximum absolute atomic E-state index is 5.87. The molecule has 0 aromatic carbocycles. The first-order valence-corrected chi connectivity index (χ1v) is 5.80. The molecule has 3 fully saturated rings. The Bertz CT molecular complexity index is 189. The topological polar surface area (TPSA) is 21.3 Å². The van der Waals surface area contributed by atoms with Gasteiger partial charge in [0, 0.05) is 6.04 Å². The van der Waals surface area contributed by atoms with Crippen molar-refractivity contribution in [3.63, 3.8) is 0 Å². The van der Waals surface area contributed by atoms with E-state index >= 15 is 0 Å². The van der Waals surface area contributed by atoms with Crippen LogP contribution in [0.15, 0.2) is 0 Å². The van der Waals surface area contributed by atoms with Gasteiger partial charge in [0.25, 0.3) is 0 Å². The number of fused-ring (bicyclic) bond motifs is 2. The van der Waals surface area contributed by atoms with Crippen molar-refractivity contribution in [2.45, 2.75) is 56.8 Å². The largest absolute Gasteiger partial charge is 0.375 e. The zero-order valence-corrected chi connectivity index (χ0v) is 8.17. The highest BCUT2D eigenvalue weighted by molar-refractivity contribution is 4.92. The number of hydrogen-bond donors (Lipinski definition) is 1. The van der Waals surface area contributed by atoms with E-state index in [1.165, 1.54) is 45.1 Å². The molecule has 2 heteroatoms. The fourth-order valence-corrected chi connectivity index (χ4v) is 3.31. The Balaban J connectivity index is 1.55. The molecule has 3 saturated heterocycles. The van der Waals surface area contributed by atoms with Crippen LogP contribution >= 0.6 is 0 Å². The van der Waals surface area contributed by atoms with Crippen molar-refractivity contribution >= 4 is 0 Å². The fourth-order valence-electron chi connectivity index (χ4n) is 3.31. The van der Waals surface area contributed by atoms with Crippen LogP contribution in [0.4, 0.5) is 0 Å². The van der Waals surface area contributed by atoms with Crippen LogP contribution in [0.3, 0.4) is 0 Å². The van der Waals surface area contributed by atoms with Crippen LogP contribution in [0, 0.1) is 5.92 Å². The molecule has 0 amide bonds. The monoisotopic (exact) mass is 181 g/mol. The van der Waals surface area contributed by atoms with Gasteiger partial charge in [0.05, 0.1) is 12.2 Å². The lowest BCUT2D eigenvalue weighted by atomic mass is 9.84. The maximum atomic E-state index is 5.87. The van der Waals surface area contributed by atoms with Crippen LogP contribution in [0.5, 0.6) is 0 Å². The van der Waals surface area contributed by atoms with Crippen molar-refractivity contribution in [3.05, 3.63) is 0 Å². The Morgan fingerprint density at radius 3 is 2.85 bits per heavy atom. The molecule has 0 spiro atoms. The third-order valence-corrected chi connectivity index (χ3v) is 3.98. The highest BCUT2D eigenvalue weighted by Crippen LogP contribution is 2.41. The molecule has 74 valence electrons. The smallest absolute Gasteiger partial charge is 0.0609 e. The Morgan fingerprint density at radius 2 is 2.23 bits per heavy atom. The van der Waals surface area contributed by atoms with Crippen molar-refractivity contribution in [2.24, 2.45) is 5.92 Å². The van der Waals surface area contributed by atoms with Crippen LogP contribution in [0.2, 0.25) is 0 Å². The molecule has 0 aliphatic carbocycles. The highest BCUT2D eigenvalue weighted by atomic mass is 16.5. The fraction of sp³-hybridized carbons (Fsp3) is 1.00. The van der Waals surface area contributed by atoms with Crippen molar-refractivity contribution in [1.29, 1.82) is 0 Å². The van der Waals surface area contributed by atoms with E-state index in [2.05, 4.69) is 5.32 Å². The lowest BCUT2D eigenvalue weighted by Crippen LogP contribution is -2.28. The molecule has 2 nitrogen and oxygen atoms in total. The van der Waals surface area contributed by atoms with Crippen LogP contribution in [0.25, 0.3) is 0 Å². The summed E-state index contributed by atoms with van der Waals surface area (Å²) in [6.07, 6.45) is 9.44. The van der Waals surface area contributed by atoms with E-state index in [0.29, 0.717) is 12.2 Å². The van der Waals surface area contributed by atoms with E-state index in [1.807, 2.05) is 0 Å². The number of nitrogens with one attached hydrogen (secondary N) is 1. The third-order valence-electron chi connectivity index (χ3n) is 3.98. The molecular formula is C11H19NO.